The molecule has 0 spiro atoms. The molecule has 0 fully saturated rings. The molecule has 0 atom stereocenters. The fourth-order valence-electron chi connectivity index (χ4n) is 2.63. The zero-order valence-corrected chi connectivity index (χ0v) is 13.4. The van der Waals surface area contributed by atoms with Crippen LogP contribution in [0.5, 0.6) is 0 Å². The van der Waals surface area contributed by atoms with E-state index in [1.807, 2.05) is 42.5 Å². The lowest BCUT2D eigenvalue weighted by atomic mass is 10.2. The predicted molar refractivity (Wildman–Crippen MR) is 94.2 cm³/mol. The summed E-state index contributed by atoms with van der Waals surface area (Å²) in [5.74, 6) is 0.0809. The second-order valence-corrected chi connectivity index (χ2v) is 5.33. The fraction of sp³-hybridized carbons (Fsp3) is 0.211. The number of nitrogens with one attached hydrogen (secondary N) is 1. The highest BCUT2D eigenvalue weighted by atomic mass is 16.3. The number of para-hydroxylation sites is 1. The van der Waals surface area contributed by atoms with E-state index in [4.69, 9.17) is 4.42 Å². The first-order chi connectivity index (χ1) is 11.2. The van der Waals surface area contributed by atoms with Gasteiger partial charge < -0.3 is 14.6 Å². The Morgan fingerprint density at radius 1 is 1.04 bits per heavy atom. The summed E-state index contributed by atoms with van der Waals surface area (Å²) in [6.45, 7) is 6.11. The van der Waals surface area contributed by atoms with E-state index in [0.717, 1.165) is 35.4 Å². The van der Waals surface area contributed by atoms with E-state index in [9.17, 15) is 4.79 Å². The van der Waals surface area contributed by atoms with Gasteiger partial charge in [0.05, 0.1) is 0 Å². The van der Waals surface area contributed by atoms with Gasteiger partial charge in [-0.2, -0.15) is 0 Å². The standard InChI is InChI=1S/C19H20N2O2/c1-3-21(4-2)16-11-10-14-12-18(23-17(14)13-16)19(22)20-15-8-6-5-7-9-15/h5-13H,3-4H2,1-2H3,(H,20,22). The summed E-state index contributed by atoms with van der Waals surface area (Å²) in [4.78, 5) is 14.5. The van der Waals surface area contributed by atoms with Crippen LogP contribution in [0.25, 0.3) is 11.0 Å². The third-order valence-electron chi connectivity index (χ3n) is 3.89. The van der Waals surface area contributed by atoms with Gasteiger partial charge in [-0.1, -0.05) is 18.2 Å². The minimum Gasteiger partial charge on any atom is -0.451 e. The summed E-state index contributed by atoms with van der Waals surface area (Å²) in [5.41, 5.74) is 2.58. The Morgan fingerprint density at radius 2 is 1.78 bits per heavy atom. The van der Waals surface area contributed by atoms with Crippen molar-refractivity contribution in [1.29, 1.82) is 0 Å². The van der Waals surface area contributed by atoms with E-state index < -0.39 is 0 Å². The summed E-state index contributed by atoms with van der Waals surface area (Å²) in [6.07, 6.45) is 0. The topological polar surface area (TPSA) is 45.5 Å². The Morgan fingerprint density at radius 3 is 2.48 bits per heavy atom. The minimum absolute atomic E-state index is 0.239. The maximum atomic E-state index is 12.3. The molecule has 0 aliphatic rings. The molecule has 118 valence electrons. The van der Waals surface area contributed by atoms with Crippen molar-refractivity contribution in [2.45, 2.75) is 13.8 Å². The first-order valence-electron chi connectivity index (χ1n) is 7.86. The highest BCUT2D eigenvalue weighted by molar-refractivity contribution is 6.04. The molecular weight excluding hydrogens is 288 g/mol. The van der Waals surface area contributed by atoms with Crippen LogP contribution in [0.15, 0.2) is 59.0 Å². The van der Waals surface area contributed by atoms with Crippen LogP contribution in [0.3, 0.4) is 0 Å². The number of furan rings is 1. The van der Waals surface area contributed by atoms with Gasteiger partial charge in [-0.25, -0.2) is 0 Å². The van der Waals surface area contributed by atoms with Crippen LogP contribution < -0.4 is 10.2 Å². The van der Waals surface area contributed by atoms with Gasteiger partial charge in [0.25, 0.3) is 5.91 Å². The molecule has 1 heterocycles. The van der Waals surface area contributed by atoms with Gasteiger partial charge in [-0.3, -0.25) is 4.79 Å². The smallest absolute Gasteiger partial charge is 0.291 e. The van der Waals surface area contributed by atoms with Crippen molar-refractivity contribution in [1.82, 2.24) is 0 Å². The SMILES string of the molecule is CCN(CC)c1ccc2cc(C(=O)Nc3ccccc3)oc2c1. The zero-order chi connectivity index (χ0) is 16.2. The second kappa shape index (κ2) is 6.57. The number of rotatable bonds is 5. The summed E-state index contributed by atoms with van der Waals surface area (Å²) in [7, 11) is 0. The molecule has 2 aromatic carbocycles. The minimum atomic E-state index is -0.239. The van der Waals surface area contributed by atoms with Gasteiger partial charge in [0.2, 0.25) is 0 Å². The third kappa shape index (κ3) is 3.21. The van der Waals surface area contributed by atoms with E-state index >= 15 is 0 Å². The molecule has 3 rings (SSSR count). The first kappa shape index (κ1) is 15.2. The molecule has 3 aromatic rings. The Kier molecular flexibility index (Phi) is 4.33. The van der Waals surface area contributed by atoms with Crippen molar-refractivity contribution in [3.8, 4) is 0 Å². The normalized spacial score (nSPS) is 10.7. The zero-order valence-electron chi connectivity index (χ0n) is 13.4. The molecule has 0 saturated carbocycles. The molecule has 4 nitrogen and oxygen atoms in total. The van der Waals surface area contributed by atoms with E-state index in [1.165, 1.54) is 0 Å². The van der Waals surface area contributed by atoms with Crippen LogP contribution in [-0.4, -0.2) is 19.0 Å². The average molecular weight is 308 g/mol. The maximum absolute atomic E-state index is 12.3. The lowest BCUT2D eigenvalue weighted by Crippen LogP contribution is -2.21. The molecule has 0 aliphatic carbocycles. The molecule has 0 aliphatic heterocycles. The van der Waals surface area contributed by atoms with E-state index in [1.54, 1.807) is 6.07 Å². The lowest BCUT2D eigenvalue weighted by Gasteiger charge is -2.20. The van der Waals surface area contributed by atoms with Crippen LogP contribution >= 0.6 is 0 Å². The summed E-state index contributed by atoms with van der Waals surface area (Å²) in [6, 6.07) is 17.2. The monoisotopic (exact) mass is 308 g/mol. The van der Waals surface area contributed by atoms with Gasteiger partial charge >= 0.3 is 0 Å². The Balaban J connectivity index is 1.86. The molecule has 0 radical (unpaired) electrons. The van der Waals surface area contributed by atoms with Gasteiger partial charge in [0.15, 0.2) is 5.76 Å². The molecule has 1 N–H and O–H groups in total. The van der Waals surface area contributed by atoms with Crippen molar-refractivity contribution >= 4 is 28.3 Å². The van der Waals surface area contributed by atoms with Gasteiger partial charge in [-0.15, -0.1) is 0 Å². The second-order valence-electron chi connectivity index (χ2n) is 5.33. The van der Waals surface area contributed by atoms with Crippen molar-refractivity contribution in [2.75, 3.05) is 23.3 Å². The van der Waals surface area contributed by atoms with E-state index in [2.05, 4.69) is 30.1 Å². The third-order valence-corrected chi connectivity index (χ3v) is 3.89. The highest BCUT2D eigenvalue weighted by Crippen LogP contribution is 2.25. The average Bonchev–Trinajstić information content (AvgIpc) is 3.00. The summed E-state index contributed by atoms with van der Waals surface area (Å²) in [5, 5.41) is 3.77. The number of fused-ring (bicyclic) bond motifs is 1. The van der Waals surface area contributed by atoms with Gasteiger partial charge in [0.1, 0.15) is 5.58 Å². The number of carbonyl (C=O) groups excluding carboxylic acids is 1. The maximum Gasteiger partial charge on any atom is 0.291 e. The van der Waals surface area contributed by atoms with Gasteiger partial charge in [0, 0.05) is 35.9 Å². The van der Waals surface area contributed by atoms with Crippen LogP contribution in [0.2, 0.25) is 0 Å². The fourth-order valence-corrected chi connectivity index (χ4v) is 2.63. The number of amides is 1. The van der Waals surface area contributed by atoms with Crippen LogP contribution in [0.4, 0.5) is 11.4 Å². The number of nitrogens with zero attached hydrogens (tertiary/aromatic N) is 1. The number of carbonyl (C=O) groups is 1. The van der Waals surface area contributed by atoms with Crippen LogP contribution in [0, 0.1) is 0 Å². The number of anilines is 2. The molecule has 0 bridgehead atoms. The molecule has 1 amide bonds. The summed E-state index contributed by atoms with van der Waals surface area (Å²) < 4.78 is 5.74. The first-order valence-corrected chi connectivity index (χ1v) is 7.86. The van der Waals surface area contributed by atoms with E-state index in [-0.39, 0.29) is 5.91 Å². The van der Waals surface area contributed by atoms with E-state index in [0.29, 0.717) is 5.76 Å². The molecular formula is C19H20N2O2. The molecule has 23 heavy (non-hydrogen) atoms. The predicted octanol–water partition coefficient (Wildman–Crippen LogP) is 4.53. The number of hydrogen-bond donors (Lipinski definition) is 1. The highest BCUT2D eigenvalue weighted by Gasteiger charge is 2.13. The molecule has 1 aromatic heterocycles. The molecule has 4 heteroatoms. The Bertz CT molecular complexity index is 805. The van der Waals surface area contributed by atoms with Crippen molar-refractivity contribution < 1.29 is 9.21 Å². The van der Waals surface area contributed by atoms with Crippen molar-refractivity contribution in [2.24, 2.45) is 0 Å². The van der Waals surface area contributed by atoms with Crippen molar-refractivity contribution in [3.63, 3.8) is 0 Å². The van der Waals surface area contributed by atoms with Crippen molar-refractivity contribution in [3.05, 3.63) is 60.4 Å². The van der Waals surface area contributed by atoms with Crippen LogP contribution in [0.1, 0.15) is 24.4 Å². The number of benzene rings is 2. The Labute approximate surface area is 135 Å². The lowest BCUT2D eigenvalue weighted by molar-refractivity contribution is 0.0998. The number of hydrogen-bond acceptors (Lipinski definition) is 3. The van der Waals surface area contributed by atoms with Gasteiger partial charge in [-0.05, 0) is 44.2 Å². The van der Waals surface area contributed by atoms with Crippen LogP contribution in [-0.2, 0) is 0 Å². The quantitative estimate of drug-likeness (QED) is 0.753. The Hall–Kier alpha value is -2.75. The summed E-state index contributed by atoms with van der Waals surface area (Å²) >= 11 is 0. The molecule has 0 unspecified atom stereocenters. The molecule has 0 saturated heterocycles. The largest absolute Gasteiger partial charge is 0.451 e.